The topological polar surface area (TPSA) is 79.7 Å². The lowest BCUT2D eigenvalue weighted by Gasteiger charge is -2.25. The van der Waals surface area contributed by atoms with Crippen LogP contribution >= 0.6 is 0 Å². The standard InChI is InChI=1S/C26H23FN2O4/c1-15-12-21(33-3)16(2)11-19(15)24(30)22-23(18-8-4-5-9-20(18)27)29(26(32)25(22)31)14-17-7-6-10-28-13-17/h4-13,23,30H,14H2,1-3H3/b24-22+. The first-order chi connectivity index (χ1) is 15.8. The number of ketones is 1. The van der Waals surface area contributed by atoms with Crippen molar-refractivity contribution in [1.82, 2.24) is 9.88 Å². The number of Topliss-reactive ketones (excluding diaryl/α,β-unsaturated/α-hetero) is 1. The molecule has 1 aromatic heterocycles. The number of aryl methyl sites for hydroxylation is 2. The van der Waals surface area contributed by atoms with E-state index in [0.717, 1.165) is 5.56 Å². The molecule has 6 nitrogen and oxygen atoms in total. The van der Waals surface area contributed by atoms with Crippen molar-refractivity contribution in [3.05, 3.63) is 100 Å². The minimum absolute atomic E-state index is 0.0365. The number of aliphatic hydroxyl groups is 1. The average Bonchev–Trinajstić information content (AvgIpc) is 3.05. The second-order valence-corrected chi connectivity index (χ2v) is 7.95. The molecule has 3 aromatic rings. The Morgan fingerprint density at radius 1 is 1.12 bits per heavy atom. The lowest BCUT2D eigenvalue weighted by atomic mass is 9.92. The zero-order chi connectivity index (χ0) is 23.7. The van der Waals surface area contributed by atoms with Gasteiger partial charge in [-0.25, -0.2) is 4.39 Å². The molecule has 1 N–H and O–H groups in total. The smallest absolute Gasteiger partial charge is 0.295 e. The van der Waals surface area contributed by atoms with E-state index in [1.165, 1.54) is 23.1 Å². The normalized spacial score (nSPS) is 17.5. The summed E-state index contributed by atoms with van der Waals surface area (Å²) in [6.45, 7) is 3.61. The second-order valence-electron chi connectivity index (χ2n) is 7.95. The summed E-state index contributed by atoms with van der Waals surface area (Å²) in [6.07, 6.45) is 3.18. The summed E-state index contributed by atoms with van der Waals surface area (Å²) >= 11 is 0. The van der Waals surface area contributed by atoms with Gasteiger partial charge < -0.3 is 14.7 Å². The Morgan fingerprint density at radius 3 is 2.55 bits per heavy atom. The van der Waals surface area contributed by atoms with E-state index in [4.69, 9.17) is 4.74 Å². The number of hydrogen-bond acceptors (Lipinski definition) is 5. The van der Waals surface area contributed by atoms with E-state index < -0.39 is 23.5 Å². The number of methoxy groups -OCH3 is 1. The third-order valence-electron chi connectivity index (χ3n) is 5.81. The van der Waals surface area contributed by atoms with Crippen molar-refractivity contribution in [1.29, 1.82) is 0 Å². The maximum Gasteiger partial charge on any atom is 0.295 e. The van der Waals surface area contributed by atoms with Gasteiger partial charge in [0, 0.05) is 30.1 Å². The third-order valence-corrected chi connectivity index (χ3v) is 5.81. The van der Waals surface area contributed by atoms with Gasteiger partial charge >= 0.3 is 0 Å². The van der Waals surface area contributed by atoms with Crippen LogP contribution in [-0.4, -0.2) is 33.8 Å². The van der Waals surface area contributed by atoms with Gasteiger partial charge in [0.1, 0.15) is 17.3 Å². The lowest BCUT2D eigenvalue weighted by Crippen LogP contribution is -2.29. The van der Waals surface area contributed by atoms with Crippen LogP contribution < -0.4 is 4.74 Å². The number of amides is 1. The van der Waals surface area contributed by atoms with E-state index in [0.29, 0.717) is 22.4 Å². The molecule has 0 saturated carbocycles. The Morgan fingerprint density at radius 2 is 1.88 bits per heavy atom. The third kappa shape index (κ3) is 3.98. The fourth-order valence-electron chi connectivity index (χ4n) is 4.16. The van der Waals surface area contributed by atoms with Gasteiger partial charge in [-0.15, -0.1) is 0 Å². The molecule has 1 aliphatic heterocycles. The molecule has 2 aromatic carbocycles. The first kappa shape index (κ1) is 22.2. The van der Waals surface area contributed by atoms with Gasteiger partial charge in [-0.05, 0) is 54.8 Å². The number of carbonyl (C=O) groups excluding carboxylic acids is 2. The maximum absolute atomic E-state index is 14.9. The fraction of sp³-hybridized carbons (Fsp3) is 0.192. The van der Waals surface area contributed by atoms with Gasteiger partial charge in [-0.3, -0.25) is 14.6 Å². The first-order valence-corrected chi connectivity index (χ1v) is 10.4. The Balaban J connectivity index is 1.92. The largest absolute Gasteiger partial charge is 0.507 e. The highest BCUT2D eigenvalue weighted by Gasteiger charge is 2.47. The van der Waals surface area contributed by atoms with E-state index in [1.807, 2.05) is 6.92 Å². The highest BCUT2D eigenvalue weighted by molar-refractivity contribution is 6.46. The van der Waals surface area contributed by atoms with Crippen molar-refractivity contribution in [2.24, 2.45) is 0 Å². The Bertz CT molecular complexity index is 1270. The summed E-state index contributed by atoms with van der Waals surface area (Å²) in [5, 5.41) is 11.3. The number of carbonyl (C=O) groups is 2. The molecule has 1 atom stereocenters. The van der Waals surface area contributed by atoms with Crippen LogP contribution in [0.15, 0.2) is 66.5 Å². The number of nitrogens with zero attached hydrogens (tertiary/aromatic N) is 2. The number of aromatic nitrogens is 1. The molecule has 7 heteroatoms. The van der Waals surface area contributed by atoms with E-state index in [1.54, 1.807) is 56.8 Å². The van der Waals surface area contributed by atoms with Crippen LogP contribution in [0, 0.1) is 19.7 Å². The van der Waals surface area contributed by atoms with Crippen molar-refractivity contribution >= 4 is 17.4 Å². The number of rotatable bonds is 5. The van der Waals surface area contributed by atoms with Crippen LogP contribution in [0.5, 0.6) is 5.75 Å². The molecule has 0 bridgehead atoms. The summed E-state index contributed by atoms with van der Waals surface area (Å²) in [5.74, 6) is -1.96. The van der Waals surface area contributed by atoms with Crippen molar-refractivity contribution < 1.29 is 23.8 Å². The van der Waals surface area contributed by atoms with Crippen molar-refractivity contribution in [2.45, 2.75) is 26.4 Å². The number of pyridine rings is 1. The van der Waals surface area contributed by atoms with Crippen LogP contribution in [0.2, 0.25) is 0 Å². The molecule has 1 fully saturated rings. The number of hydrogen-bond donors (Lipinski definition) is 1. The molecule has 1 aliphatic rings. The molecule has 0 aliphatic carbocycles. The predicted molar refractivity (Wildman–Crippen MR) is 121 cm³/mol. The number of ether oxygens (including phenoxy) is 1. The van der Waals surface area contributed by atoms with E-state index in [9.17, 15) is 19.1 Å². The van der Waals surface area contributed by atoms with Gasteiger partial charge in [0.05, 0.1) is 18.7 Å². The highest BCUT2D eigenvalue weighted by Crippen LogP contribution is 2.42. The van der Waals surface area contributed by atoms with Gasteiger partial charge in [0.15, 0.2) is 0 Å². The Hall–Kier alpha value is -4.00. The summed E-state index contributed by atoms with van der Waals surface area (Å²) in [6, 6.07) is 11.8. The van der Waals surface area contributed by atoms with E-state index in [2.05, 4.69) is 4.98 Å². The van der Waals surface area contributed by atoms with Crippen molar-refractivity contribution in [3.8, 4) is 5.75 Å². The number of aliphatic hydroxyl groups excluding tert-OH is 1. The van der Waals surface area contributed by atoms with Gasteiger partial charge in [0.2, 0.25) is 0 Å². The molecule has 4 rings (SSSR count). The van der Waals surface area contributed by atoms with Crippen LogP contribution in [0.4, 0.5) is 4.39 Å². The van der Waals surface area contributed by atoms with Gasteiger partial charge in [-0.2, -0.15) is 0 Å². The number of likely N-dealkylation sites (tertiary alicyclic amines) is 1. The number of halogens is 1. The summed E-state index contributed by atoms with van der Waals surface area (Å²) in [5.41, 5.74) is 2.44. The SMILES string of the molecule is COc1cc(C)c(/C(O)=C2\C(=O)C(=O)N(Cc3cccnc3)C2c2ccccc2F)cc1C. The van der Waals surface area contributed by atoms with E-state index in [-0.39, 0.29) is 23.4 Å². The average molecular weight is 446 g/mol. The minimum Gasteiger partial charge on any atom is -0.507 e. The second kappa shape index (κ2) is 8.86. The Labute approximate surface area is 191 Å². The van der Waals surface area contributed by atoms with Crippen LogP contribution in [0.3, 0.4) is 0 Å². The fourth-order valence-corrected chi connectivity index (χ4v) is 4.16. The van der Waals surface area contributed by atoms with Crippen molar-refractivity contribution in [3.63, 3.8) is 0 Å². The quantitative estimate of drug-likeness (QED) is 0.355. The zero-order valence-corrected chi connectivity index (χ0v) is 18.5. The highest BCUT2D eigenvalue weighted by atomic mass is 19.1. The molecule has 0 spiro atoms. The van der Waals surface area contributed by atoms with Gasteiger partial charge in [0.25, 0.3) is 11.7 Å². The van der Waals surface area contributed by atoms with Crippen LogP contribution in [0.1, 0.15) is 33.9 Å². The van der Waals surface area contributed by atoms with Crippen molar-refractivity contribution in [2.75, 3.05) is 7.11 Å². The molecule has 168 valence electrons. The first-order valence-electron chi connectivity index (χ1n) is 10.4. The monoisotopic (exact) mass is 446 g/mol. The van der Waals surface area contributed by atoms with Gasteiger partial charge in [-0.1, -0.05) is 24.3 Å². The maximum atomic E-state index is 14.9. The van der Waals surface area contributed by atoms with E-state index >= 15 is 0 Å². The molecule has 1 amide bonds. The Kier molecular flexibility index (Phi) is 5.96. The molecule has 0 radical (unpaired) electrons. The van der Waals surface area contributed by atoms with Crippen LogP contribution in [0.25, 0.3) is 5.76 Å². The molecule has 2 heterocycles. The number of benzene rings is 2. The summed E-state index contributed by atoms with van der Waals surface area (Å²) in [4.78, 5) is 31.6. The molecule has 1 unspecified atom stereocenters. The summed E-state index contributed by atoms with van der Waals surface area (Å²) < 4.78 is 20.2. The molecular formula is C26H23FN2O4. The van der Waals surface area contributed by atoms with Crippen LogP contribution in [-0.2, 0) is 16.1 Å². The zero-order valence-electron chi connectivity index (χ0n) is 18.5. The molecule has 33 heavy (non-hydrogen) atoms. The minimum atomic E-state index is -1.09. The lowest BCUT2D eigenvalue weighted by molar-refractivity contribution is -0.140. The predicted octanol–water partition coefficient (Wildman–Crippen LogP) is 4.47. The molecule has 1 saturated heterocycles. The summed E-state index contributed by atoms with van der Waals surface area (Å²) in [7, 11) is 1.55. The molecular weight excluding hydrogens is 423 g/mol.